The molecule has 0 saturated carbocycles. The molecule has 0 bridgehead atoms. The number of ether oxygens (including phenoxy) is 1. The van der Waals surface area contributed by atoms with Gasteiger partial charge in [0, 0.05) is 31.2 Å². The number of carbonyl (C=O) groups excluding carboxylic acids is 1. The minimum absolute atomic E-state index is 0.227. The van der Waals surface area contributed by atoms with E-state index in [0.717, 1.165) is 16.9 Å². The van der Waals surface area contributed by atoms with Crippen LogP contribution in [0.25, 0.3) is 0 Å². The Balaban J connectivity index is 2.48. The highest BCUT2D eigenvalue weighted by Crippen LogP contribution is 2.45. The van der Waals surface area contributed by atoms with E-state index in [1.165, 1.54) is 0 Å². The van der Waals surface area contributed by atoms with Gasteiger partial charge in [0.1, 0.15) is 11.5 Å². The van der Waals surface area contributed by atoms with Crippen LogP contribution >= 0.6 is 0 Å². The molecule has 1 aromatic carbocycles. The largest absolute Gasteiger partial charge is 0.497 e. The summed E-state index contributed by atoms with van der Waals surface area (Å²) in [6, 6.07) is 5.96. The number of benzene rings is 1. The Morgan fingerprint density at radius 3 is 2.77 bits per heavy atom. The van der Waals surface area contributed by atoms with Gasteiger partial charge in [-0.1, -0.05) is 19.9 Å². The Morgan fingerprint density at radius 2 is 2.18 bits per heavy atom. The van der Waals surface area contributed by atoms with Gasteiger partial charge in [-0.15, -0.1) is 0 Å². The fraction of sp³-hybridized carbons (Fsp3) is 0.611. The first-order chi connectivity index (χ1) is 10.4. The second kappa shape index (κ2) is 6.39. The first kappa shape index (κ1) is 17.0. The molecule has 2 N–H and O–H groups in total. The normalized spacial score (nSPS) is 27.3. The smallest absolute Gasteiger partial charge is 0.133 e. The molecule has 0 aromatic heterocycles. The molecule has 122 valence electrons. The Labute approximate surface area is 132 Å². The number of hydrogen-bond donors (Lipinski definition) is 2. The summed E-state index contributed by atoms with van der Waals surface area (Å²) in [6.07, 6.45) is 2.16. The highest BCUT2D eigenvalue weighted by atomic mass is 16.5. The van der Waals surface area contributed by atoms with Crippen molar-refractivity contribution < 1.29 is 14.6 Å². The molecule has 2 rings (SSSR count). The zero-order valence-electron chi connectivity index (χ0n) is 14.0. The van der Waals surface area contributed by atoms with E-state index in [4.69, 9.17) is 4.74 Å². The van der Waals surface area contributed by atoms with Crippen molar-refractivity contribution in [3.8, 4) is 5.75 Å². The van der Waals surface area contributed by atoms with Gasteiger partial charge in [0.25, 0.3) is 0 Å². The average molecular weight is 305 g/mol. The third-order valence-electron chi connectivity index (χ3n) is 4.69. The number of hydrogen-bond acceptors (Lipinski definition) is 4. The standard InChI is InChI=1S/C18H27NO3/c1-5-14(20)10-17(2)11-18(21,12-19-3)9-13-6-7-15(22-4)8-16(13)17/h6-8,19,21H,5,9-12H2,1-4H3/t17-,18?/m1/s1. The summed E-state index contributed by atoms with van der Waals surface area (Å²) in [7, 11) is 3.49. The van der Waals surface area contributed by atoms with Gasteiger partial charge in [-0.05, 0) is 36.7 Å². The summed E-state index contributed by atoms with van der Waals surface area (Å²) in [5, 5.41) is 14.0. The van der Waals surface area contributed by atoms with E-state index < -0.39 is 5.60 Å². The van der Waals surface area contributed by atoms with E-state index in [0.29, 0.717) is 32.2 Å². The van der Waals surface area contributed by atoms with Crippen LogP contribution in [0.1, 0.15) is 44.2 Å². The van der Waals surface area contributed by atoms with Crippen LogP contribution in [0.2, 0.25) is 0 Å². The monoisotopic (exact) mass is 305 g/mol. The van der Waals surface area contributed by atoms with Crippen molar-refractivity contribution in [3.63, 3.8) is 0 Å². The molecule has 0 saturated heterocycles. The minimum Gasteiger partial charge on any atom is -0.497 e. The van der Waals surface area contributed by atoms with Gasteiger partial charge in [0.15, 0.2) is 0 Å². The lowest BCUT2D eigenvalue weighted by Crippen LogP contribution is -2.50. The number of aliphatic hydroxyl groups is 1. The Morgan fingerprint density at radius 1 is 1.45 bits per heavy atom. The van der Waals surface area contributed by atoms with Crippen molar-refractivity contribution in [2.75, 3.05) is 20.7 Å². The topological polar surface area (TPSA) is 58.6 Å². The first-order valence-electron chi connectivity index (χ1n) is 7.92. The van der Waals surface area contributed by atoms with Crippen molar-refractivity contribution in [3.05, 3.63) is 29.3 Å². The fourth-order valence-electron chi connectivity index (χ4n) is 3.81. The van der Waals surface area contributed by atoms with Crippen LogP contribution in [-0.4, -0.2) is 37.2 Å². The summed E-state index contributed by atoms with van der Waals surface area (Å²) >= 11 is 0. The van der Waals surface area contributed by atoms with Crippen molar-refractivity contribution in [1.82, 2.24) is 5.32 Å². The van der Waals surface area contributed by atoms with E-state index >= 15 is 0 Å². The lowest BCUT2D eigenvalue weighted by atomic mass is 9.63. The van der Waals surface area contributed by atoms with E-state index in [1.54, 1.807) is 7.11 Å². The number of Topliss-reactive ketones (excluding diaryl/α,β-unsaturated/α-hetero) is 1. The van der Waals surface area contributed by atoms with Crippen LogP contribution < -0.4 is 10.1 Å². The highest BCUT2D eigenvalue weighted by Gasteiger charge is 2.44. The Kier molecular flexibility index (Phi) is 4.93. The number of ketones is 1. The van der Waals surface area contributed by atoms with Crippen LogP contribution in [0.3, 0.4) is 0 Å². The summed E-state index contributed by atoms with van der Waals surface area (Å²) in [5.74, 6) is 1.03. The number of rotatable bonds is 6. The molecule has 22 heavy (non-hydrogen) atoms. The third-order valence-corrected chi connectivity index (χ3v) is 4.69. The number of likely N-dealkylation sites (N-methyl/N-ethyl adjacent to an activating group) is 1. The minimum atomic E-state index is -0.820. The Bertz CT molecular complexity index is 557. The summed E-state index contributed by atoms with van der Waals surface area (Å²) < 4.78 is 5.34. The molecule has 0 fully saturated rings. The maximum absolute atomic E-state index is 12.1. The van der Waals surface area contributed by atoms with Gasteiger partial charge in [0.05, 0.1) is 12.7 Å². The molecule has 1 aliphatic carbocycles. The number of methoxy groups -OCH3 is 1. The van der Waals surface area contributed by atoms with Gasteiger partial charge < -0.3 is 15.2 Å². The van der Waals surface area contributed by atoms with Crippen LogP contribution in [0, 0.1) is 0 Å². The molecular weight excluding hydrogens is 278 g/mol. The van der Waals surface area contributed by atoms with Gasteiger partial charge in [-0.2, -0.15) is 0 Å². The molecule has 4 heteroatoms. The van der Waals surface area contributed by atoms with Gasteiger partial charge in [-0.3, -0.25) is 4.79 Å². The average Bonchev–Trinajstić information content (AvgIpc) is 2.46. The second-order valence-electron chi connectivity index (χ2n) is 6.76. The van der Waals surface area contributed by atoms with Crippen molar-refractivity contribution >= 4 is 5.78 Å². The molecule has 4 nitrogen and oxygen atoms in total. The van der Waals surface area contributed by atoms with E-state index in [2.05, 4.69) is 12.2 Å². The van der Waals surface area contributed by atoms with Crippen molar-refractivity contribution in [2.24, 2.45) is 0 Å². The molecule has 1 unspecified atom stereocenters. The molecular formula is C18H27NO3. The van der Waals surface area contributed by atoms with Crippen LogP contribution in [0.15, 0.2) is 18.2 Å². The first-order valence-corrected chi connectivity index (χ1v) is 7.92. The SMILES string of the molecule is CCC(=O)C[C@]1(C)CC(O)(CNC)Cc2ccc(OC)cc21. The fourth-order valence-corrected chi connectivity index (χ4v) is 3.81. The lowest BCUT2D eigenvalue weighted by molar-refractivity contribution is -0.120. The molecule has 1 aromatic rings. The van der Waals surface area contributed by atoms with Gasteiger partial charge in [0.2, 0.25) is 0 Å². The number of nitrogens with one attached hydrogen (secondary N) is 1. The van der Waals surface area contributed by atoms with Crippen LogP contribution in [-0.2, 0) is 16.6 Å². The van der Waals surface area contributed by atoms with E-state index in [1.807, 2.05) is 32.2 Å². The second-order valence-corrected chi connectivity index (χ2v) is 6.76. The molecule has 0 amide bonds. The Hall–Kier alpha value is -1.39. The van der Waals surface area contributed by atoms with Crippen molar-refractivity contribution in [1.29, 1.82) is 0 Å². The summed E-state index contributed by atoms with van der Waals surface area (Å²) in [5.41, 5.74) is 1.06. The quantitative estimate of drug-likeness (QED) is 0.846. The third kappa shape index (κ3) is 3.33. The van der Waals surface area contributed by atoms with Gasteiger partial charge >= 0.3 is 0 Å². The summed E-state index contributed by atoms with van der Waals surface area (Å²) in [6.45, 7) is 4.49. The predicted octanol–water partition coefficient (Wildman–Crippen LogP) is 2.22. The highest BCUT2D eigenvalue weighted by molar-refractivity contribution is 5.80. The maximum atomic E-state index is 12.1. The number of fused-ring (bicyclic) bond motifs is 1. The maximum Gasteiger partial charge on any atom is 0.133 e. The zero-order valence-corrected chi connectivity index (χ0v) is 14.0. The predicted molar refractivity (Wildman–Crippen MR) is 87.5 cm³/mol. The molecule has 2 atom stereocenters. The van der Waals surface area contributed by atoms with Gasteiger partial charge in [-0.25, -0.2) is 0 Å². The van der Waals surface area contributed by atoms with Crippen LogP contribution in [0.4, 0.5) is 0 Å². The summed E-state index contributed by atoms with van der Waals surface area (Å²) in [4.78, 5) is 12.1. The molecule has 0 spiro atoms. The lowest BCUT2D eigenvalue weighted by Gasteiger charge is -2.45. The molecule has 0 aliphatic heterocycles. The van der Waals surface area contributed by atoms with Crippen LogP contribution in [0.5, 0.6) is 5.75 Å². The number of carbonyl (C=O) groups is 1. The van der Waals surface area contributed by atoms with E-state index in [-0.39, 0.29) is 11.2 Å². The molecule has 0 radical (unpaired) electrons. The molecule has 0 heterocycles. The zero-order chi connectivity index (χ0) is 16.4. The molecule has 1 aliphatic rings. The van der Waals surface area contributed by atoms with Crippen molar-refractivity contribution in [2.45, 2.75) is 50.5 Å². The van der Waals surface area contributed by atoms with E-state index in [9.17, 15) is 9.90 Å².